The third-order valence-electron chi connectivity index (χ3n) is 11.1. The van der Waals surface area contributed by atoms with Gasteiger partial charge in [-0.15, -0.1) is 0 Å². The summed E-state index contributed by atoms with van der Waals surface area (Å²) < 4.78 is 9.98. The van der Waals surface area contributed by atoms with Crippen molar-refractivity contribution in [3.8, 4) is 0 Å². The number of Topliss-reactive ketones (excluding diaryl/α,β-unsaturated/α-hetero) is 1. The average Bonchev–Trinajstić information content (AvgIpc) is 3.53. The minimum absolute atomic E-state index is 0.00852. The van der Waals surface area contributed by atoms with Crippen molar-refractivity contribution < 1.29 is 43.7 Å². The molecule has 0 bridgehead atoms. The zero-order chi connectivity index (χ0) is 29.7. The molecule has 4 aliphatic carbocycles. The van der Waals surface area contributed by atoms with E-state index in [1.54, 1.807) is 12.2 Å². The Bertz CT molecular complexity index is 1210. The van der Waals surface area contributed by atoms with Crippen molar-refractivity contribution in [1.82, 2.24) is 4.90 Å². The number of rotatable bonds is 7. The van der Waals surface area contributed by atoms with Crippen LogP contribution in [0.4, 0.5) is 0 Å². The van der Waals surface area contributed by atoms with Crippen LogP contribution in [0.5, 0.6) is 0 Å². The molecule has 0 aromatic heterocycles. The predicted molar refractivity (Wildman–Crippen MR) is 145 cm³/mol. The van der Waals surface area contributed by atoms with Crippen molar-refractivity contribution in [2.24, 2.45) is 28.6 Å². The van der Waals surface area contributed by atoms with Gasteiger partial charge in [0.2, 0.25) is 11.7 Å². The van der Waals surface area contributed by atoms with E-state index >= 15 is 0 Å². The molecule has 0 aromatic rings. The fraction of sp³-hybridized carbons (Fsp3) is 0.710. The van der Waals surface area contributed by atoms with Crippen molar-refractivity contribution in [1.29, 1.82) is 0 Å². The monoisotopic (exact) mass is 571 g/mol. The highest BCUT2D eigenvalue weighted by Gasteiger charge is 2.68. The molecule has 0 aromatic carbocycles. The van der Waals surface area contributed by atoms with E-state index in [0.717, 1.165) is 18.4 Å². The molecule has 1 saturated heterocycles. The Morgan fingerprint density at radius 1 is 1.12 bits per heavy atom. The second-order valence-electron chi connectivity index (χ2n) is 13.0. The molecule has 224 valence electrons. The molecular weight excluding hydrogens is 530 g/mol. The molecule has 0 spiro atoms. The van der Waals surface area contributed by atoms with Crippen LogP contribution in [0.1, 0.15) is 71.6 Å². The number of methoxy groups -OCH3 is 1. The zero-order valence-electron chi connectivity index (χ0n) is 24.1. The summed E-state index contributed by atoms with van der Waals surface area (Å²) in [6.45, 7) is 3.74. The van der Waals surface area contributed by atoms with Crippen LogP contribution >= 0.6 is 0 Å². The summed E-state index contributed by atoms with van der Waals surface area (Å²) in [5.74, 6) is -2.25. The predicted octanol–water partition coefficient (Wildman–Crippen LogP) is 2.05. The fourth-order valence-corrected chi connectivity index (χ4v) is 8.93. The third-order valence-corrected chi connectivity index (χ3v) is 11.1. The van der Waals surface area contributed by atoms with Gasteiger partial charge < -0.3 is 24.6 Å². The van der Waals surface area contributed by atoms with E-state index in [1.165, 1.54) is 12.0 Å². The minimum Gasteiger partial charge on any atom is -0.467 e. The number of fused-ring (bicyclic) bond motifs is 5. The van der Waals surface area contributed by atoms with Crippen molar-refractivity contribution in [2.75, 3.05) is 20.3 Å². The van der Waals surface area contributed by atoms with Gasteiger partial charge in [0, 0.05) is 29.7 Å². The molecule has 1 aliphatic heterocycles. The number of aliphatic hydroxyl groups is 2. The van der Waals surface area contributed by atoms with Crippen LogP contribution in [0.25, 0.3) is 0 Å². The van der Waals surface area contributed by atoms with Gasteiger partial charge in [0.1, 0.15) is 11.6 Å². The second kappa shape index (κ2) is 10.8. The largest absolute Gasteiger partial charge is 0.467 e. The van der Waals surface area contributed by atoms with Crippen molar-refractivity contribution >= 4 is 29.4 Å². The van der Waals surface area contributed by atoms with Crippen LogP contribution in [0.3, 0.4) is 0 Å². The van der Waals surface area contributed by atoms with Gasteiger partial charge in [-0.2, -0.15) is 0 Å². The lowest BCUT2D eigenvalue weighted by atomic mass is 9.46. The summed E-state index contributed by atoms with van der Waals surface area (Å²) in [6.07, 6.45) is 7.75. The average molecular weight is 572 g/mol. The van der Waals surface area contributed by atoms with Crippen LogP contribution in [0.2, 0.25) is 0 Å². The summed E-state index contributed by atoms with van der Waals surface area (Å²) in [4.78, 5) is 63.8. The van der Waals surface area contributed by atoms with Crippen LogP contribution in [0.15, 0.2) is 23.8 Å². The molecule has 2 N–H and O–H groups in total. The Morgan fingerprint density at radius 3 is 2.61 bits per heavy atom. The number of hydrogen-bond donors (Lipinski definition) is 2. The third kappa shape index (κ3) is 4.76. The van der Waals surface area contributed by atoms with E-state index in [4.69, 9.17) is 9.47 Å². The minimum atomic E-state index is -1.75. The maximum atomic E-state index is 13.4. The Hall–Kier alpha value is -2.85. The number of aliphatic hydroxyl groups excluding tert-OH is 1. The van der Waals surface area contributed by atoms with E-state index in [0.29, 0.717) is 25.8 Å². The van der Waals surface area contributed by atoms with Gasteiger partial charge in [-0.3, -0.25) is 19.2 Å². The van der Waals surface area contributed by atoms with Crippen molar-refractivity contribution in [3.05, 3.63) is 23.8 Å². The molecule has 10 heteroatoms. The summed E-state index contributed by atoms with van der Waals surface area (Å²) in [5, 5.41) is 23.3. The Morgan fingerprint density at radius 2 is 1.88 bits per heavy atom. The normalized spacial score (nSPS) is 39.3. The smallest absolute Gasteiger partial charge is 0.328 e. The van der Waals surface area contributed by atoms with Crippen molar-refractivity contribution in [3.63, 3.8) is 0 Å². The number of hydrogen-bond acceptors (Lipinski definition) is 9. The molecule has 5 aliphatic rings. The zero-order valence-corrected chi connectivity index (χ0v) is 24.1. The number of nitrogens with zero attached hydrogens (tertiary/aromatic N) is 1. The van der Waals surface area contributed by atoms with Crippen LogP contribution in [-0.2, 0) is 33.4 Å². The van der Waals surface area contributed by atoms with Gasteiger partial charge in [-0.25, -0.2) is 4.79 Å². The van der Waals surface area contributed by atoms with E-state index < -0.39 is 52.9 Å². The first-order chi connectivity index (χ1) is 19.4. The summed E-state index contributed by atoms with van der Waals surface area (Å²) in [5.41, 5.74) is -2.05. The van der Waals surface area contributed by atoms with E-state index in [2.05, 4.69) is 6.92 Å². The molecule has 3 saturated carbocycles. The molecule has 0 radical (unpaired) electrons. The SMILES string of the molecule is COC(=O)[C@H]1CCCN1C(=O)CCC(=O)OCC(=O)[C@]1(O)CC[C@H]2[C@@H]3CCC4=CC(=O)C=C[C@]4(C)[C@H]3[C@@H](O)C[C@@]21C. The number of ketones is 2. The number of carbonyl (C=O) groups is 5. The van der Waals surface area contributed by atoms with Crippen LogP contribution in [-0.4, -0.2) is 82.5 Å². The first-order valence-electron chi connectivity index (χ1n) is 14.8. The maximum Gasteiger partial charge on any atom is 0.328 e. The quantitative estimate of drug-likeness (QED) is 0.438. The number of esters is 2. The first-order valence-corrected chi connectivity index (χ1v) is 14.8. The summed E-state index contributed by atoms with van der Waals surface area (Å²) >= 11 is 0. The highest BCUT2D eigenvalue weighted by Crippen LogP contribution is 2.67. The van der Waals surface area contributed by atoms with Gasteiger partial charge in [0.05, 0.1) is 19.6 Å². The van der Waals surface area contributed by atoms with Crippen LogP contribution < -0.4 is 0 Å². The number of amides is 1. The molecule has 4 fully saturated rings. The molecule has 5 rings (SSSR count). The van der Waals surface area contributed by atoms with Gasteiger partial charge in [0.15, 0.2) is 12.4 Å². The van der Waals surface area contributed by atoms with Gasteiger partial charge in [0.25, 0.3) is 0 Å². The highest BCUT2D eigenvalue weighted by molar-refractivity contribution is 6.01. The first kappa shape index (κ1) is 29.6. The lowest BCUT2D eigenvalue weighted by molar-refractivity contribution is -0.181. The molecule has 41 heavy (non-hydrogen) atoms. The Balaban J connectivity index is 1.20. The highest BCUT2D eigenvalue weighted by atomic mass is 16.5. The Labute approximate surface area is 240 Å². The van der Waals surface area contributed by atoms with Gasteiger partial charge in [-0.05, 0) is 68.9 Å². The molecule has 8 atom stereocenters. The number of allylic oxidation sites excluding steroid dienone is 4. The van der Waals surface area contributed by atoms with Crippen molar-refractivity contribution in [2.45, 2.75) is 89.4 Å². The standard InChI is InChI=1S/C31H41NO9/c1-29-12-10-19(33)15-18(29)6-7-20-21-11-13-31(39,30(21,2)16-23(34)27(20)29)24(35)17-41-26(37)9-8-25(36)32-14-4-5-22(32)28(38)40-3/h10,12,15,20-23,27,34,39H,4-9,11,13-14,16-17H2,1-3H3/t20-,21-,22+,23-,27+,29-,30-,31+/m0/s1. The molecule has 1 heterocycles. The molecule has 10 nitrogen and oxygen atoms in total. The fourth-order valence-electron chi connectivity index (χ4n) is 8.93. The summed E-state index contributed by atoms with van der Waals surface area (Å²) in [6, 6.07) is -0.646. The molecular formula is C31H41NO9. The second-order valence-corrected chi connectivity index (χ2v) is 13.0. The van der Waals surface area contributed by atoms with E-state index in [9.17, 15) is 34.2 Å². The van der Waals surface area contributed by atoms with Crippen LogP contribution in [0, 0.1) is 28.6 Å². The molecule has 0 unspecified atom stereocenters. The number of carbonyl (C=O) groups excluding carboxylic acids is 5. The lowest BCUT2D eigenvalue weighted by Crippen LogP contribution is -2.61. The molecule has 1 amide bonds. The summed E-state index contributed by atoms with van der Waals surface area (Å²) in [7, 11) is 1.27. The number of ether oxygens (including phenoxy) is 2. The van der Waals surface area contributed by atoms with Gasteiger partial charge >= 0.3 is 11.9 Å². The number of likely N-dealkylation sites (tertiary alicyclic amines) is 1. The lowest BCUT2D eigenvalue weighted by Gasteiger charge is -2.59. The van der Waals surface area contributed by atoms with E-state index in [1.807, 2.05) is 13.0 Å². The van der Waals surface area contributed by atoms with E-state index in [-0.39, 0.29) is 55.1 Å². The van der Waals surface area contributed by atoms with Gasteiger partial charge in [-0.1, -0.05) is 25.5 Å². The maximum absolute atomic E-state index is 13.4. The Kier molecular flexibility index (Phi) is 7.78. The topological polar surface area (TPSA) is 148 Å².